The third kappa shape index (κ3) is 3.11. The van der Waals surface area contributed by atoms with Crippen LogP contribution in [0.1, 0.15) is 32.1 Å². The van der Waals surface area contributed by atoms with E-state index in [1.807, 2.05) is 7.11 Å². The lowest BCUT2D eigenvalue weighted by molar-refractivity contribution is 0.0739. The van der Waals surface area contributed by atoms with Gasteiger partial charge in [-0.25, -0.2) is 0 Å². The highest BCUT2D eigenvalue weighted by Crippen LogP contribution is 2.34. The van der Waals surface area contributed by atoms with E-state index < -0.39 is 0 Å². The van der Waals surface area contributed by atoms with Crippen molar-refractivity contribution >= 4 is 11.8 Å². The Morgan fingerprint density at radius 3 is 3.00 bits per heavy atom. The zero-order valence-electron chi connectivity index (χ0n) is 9.76. The normalized spacial score (nSPS) is 37.0. The molecule has 2 unspecified atom stereocenters. The Morgan fingerprint density at radius 1 is 1.47 bits per heavy atom. The monoisotopic (exact) mass is 229 g/mol. The maximum Gasteiger partial charge on any atom is 0.0644 e. The van der Waals surface area contributed by atoms with E-state index in [1.54, 1.807) is 0 Å². The van der Waals surface area contributed by atoms with Gasteiger partial charge in [0.1, 0.15) is 0 Å². The maximum absolute atomic E-state index is 5.43. The standard InChI is InChI=1S/C12H23NOS/c1-14-10-12(5-2-3-6-13-12)8-11-4-7-15-9-11/h11,13H,2-10H2,1H3. The Labute approximate surface area is 97.5 Å². The molecule has 2 saturated heterocycles. The minimum absolute atomic E-state index is 0.308. The van der Waals surface area contributed by atoms with Crippen LogP contribution >= 0.6 is 11.8 Å². The van der Waals surface area contributed by atoms with Gasteiger partial charge in [-0.2, -0.15) is 11.8 Å². The average Bonchev–Trinajstić information content (AvgIpc) is 2.72. The molecule has 0 bridgehead atoms. The molecule has 15 heavy (non-hydrogen) atoms. The lowest BCUT2D eigenvalue weighted by Gasteiger charge is -2.39. The fourth-order valence-electron chi connectivity index (χ4n) is 2.96. The highest BCUT2D eigenvalue weighted by Gasteiger charge is 2.35. The lowest BCUT2D eigenvalue weighted by Crippen LogP contribution is -2.53. The fourth-order valence-corrected chi connectivity index (χ4v) is 4.24. The highest BCUT2D eigenvalue weighted by molar-refractivity contribution is 7.99. The van der Waals surface area contributed by atoms with Gasteiger partial charge in [0.15, 0.2) is 0 Å². The predicted molar refractivity (Wildman–Crippen MR) is 66.5 cm³/mol. The first-order valence-corrected chi connectivity index (χ1v) is 7.32. The minimum Gasteiger partial charge on any atom is -0.383 e. The molecule has 0 aliphatic carbocycles. The molecule has 0 aromatic carbocycles. The predicted octanol–water partition coefficient (Wildman–Crippen LogP) is 2.29. The zero-order valence-corrected chi connectivity index (χ0v) is 10.6. The number of rotatable bonds is 4. The summed E-state index contributed by atoms with van der Waals surface area (Å²) in [4.78, 5) is 0. The van der Waals surface area contributed by atoms with Crippen LogP contribution in [0.2, 0.25) is 0 Å². The van der Waals surface area contributed by atoms with Gasteiger partial charge in [0.25, 0.3) is 0 Å². The van der Waals surface area contributed by atoms with Crippen molar-refractivity contribution < 1.29 is 4.74 Å². The molecular weight excluding hydrogens is 206 g/mol. The van der Waals surface area contributed by atoms with Crippen LogP contribution in [0.25, 0.3) is 0 Å². The molecule has 2 aliphatic heterocycles. The first kappa shape index (κ1) is 11.7. The molecule has 2 aliphatic rings. The van der Waals surface area contributed by atoms with Gasteiger partial charge in [-0.3, -0.25) is 0 Å². The fraction of sp³-hybridized carbons (Fsp3) is 1.00. The second-order valence-corrected chi connectivity index (χ2v) is 6.18. The lowest BCUT2D eigenvalue weighted by atomic mass is 9.81. The summed E-state index contributed by atoms with van der Waals surface area (Å²) in [6.07, 6.45) is 6.76. The Balaban J connectivity index is 1.90. The number of thioether (sulfide) groups is 1. The smallest absolute Gasteiger partial charge is 0.0644 e. The molecule has 3 heteroatoms. The summed E-state index contributed by atoms with van der Waals surface area (Å²) in [6.45, 7) is 2.08. The number of hydrogen-bond acceptors (Lipinski definition) is 3. The number of nitrogens with one attached hydrogen (secondary N) is 1. The van der Waals surface area contributed by atoms with Crippen molar-refractivity contribution in [2.75, 3.05) is 31.8 Å². The third-order valence-corrected chi connectivity index (χ3v) is 4.94. The molecule has 2 atom stereocenters. The van der Waals surface area contributed by atoms with Crippen molar-refractivity contribution in [2.24, 2.45) is 5.92 Å². The molecule has 0 aromatic heterocycles. The summed E-state index contributed by atoms with van der Waals surface area (Å²) in [5.74, 6) is 3.66. The van der Waals surface area contributed by atoms with E-state index in [-0.39, 0.29) is 0 Å². The van der Waals surface area contributed by atoms with Crippen molar-refractivity contribution in [3.05, 3.63) is 0 Å². The first-order chi connectivity index (χ1) is 7.35. The number of methoxy groups -OCH3 is 1. The molecule has 2 rings (SSSR count). The van der Waals surface area contributed by atoms with Crippen LogP contribution in [0, 0.1) is 5.92 Å². The highest BCUT2D eigenvalue weighted by atomic mass is 32.2. The van der Waals surface area contributed by atoms with E-state index in [1.165, 1.54) is 50.2 Å². The summed E-state index contributed by atoms with van der Waals surface area (Å²) in [6, 6.07) is 0. The molecule has 2 heterocycles. The van der Waals surface area contributed by atoms with E-state index in [0.29, 0.717) is 5.54 Å². The average molecular weight is 229 g/mol. The Kier molecular flexibility index (Phi) is 4.35. The molecule has 0 amide bonds. The molecule has 1 N–H and O–H groups in total. The van der Waals surface area contributed by atoms with Gasteiger partial charge in [0.2, 0.25) is 0 Å². The van der Waals surface area contributed by atoms with Crippen LogP contribution in [-0.4, -0.2) is 37.3 Å². The van der Waals surface area contributed by atoms with Crippen molar-refractivity contribution in [2.45, 2.75) is 37.6 Å². The van der Waals surface area contributed by atoms with Crippen LogP contribution in [-0.2, 0) is 4.74 Å². The number of piperidine rings is 1. The molecule has 88 valence electrons. The van der Waals surface area contributed by atoms with Gasteiger partial charge in [-0.15, -0.1) is 0 Å². The minimum atomic E-state index is 0.308. The largest absolute Gasteiger partial charge is 0.383 e. The summed E-state index contributed by atoms with van der Waals surface area (Å²) >= 11 is 2.12. The first-order valence-electron chi connectivity index (χ1n) is 6.16. The Hall–Kier alpha value is 0.270. The van der Waals surface area contributed by atoms with Gasteiger partial charge in [0.05, 0.1) is 6.61 Å². The van der Waals surface area contributed by atoms with E-state index in [0.717, 1.165) is 12.5 Å². The zero-order chi connectivity index (χ0) is 10.6. The molecule has 0 saturated carbocycles. The van der Waals surface area contributed by atoms with Crippen LogP contribution in [0.3, 0.4) is 0 Å². The van der Waals surface area contributed by atoms with Gasteiger partial charge >= 0.3 is 0 Å². The SMILES string of the molecule is COCC1(CC2CCSC2)CCCCN1. The van der Waals surface area contributed by atoms with Crippen molar-refractivity contribution in [3.8, 4) is 0 Å². The van der Waals surface area contributed by atoms with Crippen LogP contribution in [0.15, 0.2) is 0 Å². The molecule has 0 radical (unpaired) electrons. The number of ether oxygens (including phenoxy) is 1. The van der Waals surface area contributed by atoms with Crippen molar-refractivity contribution in [1.82, 2.24) is 5.32 Å². The Morgan fingerprint density at radius 2 is 2.40 bits per heavy atom. The van der Waals surface area contributed by atoms with Crippen LogP contribution < -0.4 is 5.32 Å². The quantitative estimate of drug-likeness (QED) is 0.799. The van der Waals surface area contributed by atoms with E-state index >= 15 is 0 Å². The molecular formula is C12H23NOS. The molecule has 0 spiro atoms. The molecule has 2 nitrogen and oxygen atoms in total. The van der Waals surface area contributed by atoms with E-state index in [4.69, 9.17) is 4.74 Å². The molecule has 0 aromatic rings. The summed E-state index contributed by atoms with van der Waals surface area (Å²) in [7, 11) is 1.83. The van der Waals surface area contributed by atoms with Gasteiger partial charge in [-0.1, -0.05) is 6.42 Å². The summed E-state index contributed by atoms with van der Waals surface area (Å²) < 4.78 is 5.43. The second kappa shape index (κ2) is 5.55. The van der Waals surface area contributed by atoms with Gasteiger partial charge < -0.3 is 10.1 Å². The summed E-state index contributed by atoms with van der Waals surface area (Å²) in [5.41, 5.74) is 0.308. The van der Waals surface area contributed by atoms with Crippen molar-refractivity contribution in [3.63, 3.8) is 0 Å². The number of hydrogen-bond donors (Lipinski definition) is 1. The van der Waals surface area contributed by atoms with Crippen LogP contribution in [0.5, 0.6) is 0 Å². The van der Waals surface area contributed by atoms with Gasteiger partial charge in [0, 0.05) is 12.6 Å². The van der Waals surface area contributed by atoms with Crippen LogP contribution in [0.4, 0.5) is 0 Å². The van der Waals surface area contributed by atoms with E-state index in [2.05, 4.69) is 17.1 Å². The van der Waals surface area contributed by atoms with Crippen molar-refractivity contribution in [1.29, 1.82) is 0 Å². The Bertz CT molecular complexity index is 181. The third-order valence-electron chi connectivity index (χ3n) is 3.71. The van der Waals surface area contributed by atoms with E-state index in [9.17, 15) is 0 Å². The summed E-state index contributed by atoms with van der Waals surface area (Å²) in [5, 5.41) is 3.73. The van der Waals surface area contributed by atoms with Gasteiger partial charge in [-0.05, 0) is 49.7 Å². The topological polar surface area (TPSA) is 21.3 Å². The molecule has 2 fully saturated rings. The second-order valence-electron chi connectivity index (χ2n) is 5.03. The maximum atomic E-state index is 5.43.